The van der Waals surface area contributed by atoms with Gasteiger partial charge in [0, 0.05) is 5.57 Å². The molecule has 1 unspecified atom stereocenters. The van der Waals surface area contributed by atoms with Crippen LogP contribution in [0.1, 0.15) is 46.1 Å². The maximum absolute atomic E-state index is 10.0. The summed E-state index contributed by atoms with van der Waals surface area (Å²) in [7, 11) is 0. The van der Waals surface area contributed by atoms with Crippen molar-refractivity contribution in [3.8, 4) is 0 Å². The third-order valence-corrected chi connectivity index (χ3v) is 3.66. The molecule has 114 valence electrons. The second kappa shape index (κ2) is 8.51. The molecule has 0 aliphatic carbocycles. The van der Waals surface area contributed by atoms with Gasteiger partial charge in [0.15, 0.2) is 0 Å². The van der Waals surface area contributed by atoms with E-state index in [-0.39, 0.29) is 5.76 Å². The summed E-state index contributed by atoms with van der Waals surface area (Å²) in [5.41, 5.74) is 3.20. The average Bonchev–Trinajstić information content (AvgIpc) is 2.46. The standard InChI is InChI=1S/C20H28O/c1-6-16(4)14-20(18-10-8-7-9-11-18)19(17(5)21)13-12-15(2)3/h7-13,15-16,21H,5-6,14H2,1-4H3/b13-12-,20-19-. The van der Waals surface area contributed by atoms with Gasteiger partial charge >= 0.3 is 0 Å². The van der Waals surface area contributed by atoms with Crippen LogP contribution in [0.2, 0.25) is 0 Å². The Hall–Kier alpha value is -1.76. The summed E-state index contributed by atoms with van der Waals surface area (Å²) in [5.74, 6) is 1.16. The molecule has 1 nitrogen and oxygen atoms in total. The molecule has 0 spiro atoms. The minimum absolute atomic E-state index is 0.147. The van der Waals surface area contributed by atoms with Crippen molar-refractivity contribution >= 4 is 5.57 Å². The van der Waals surface area contributed by atoms with E-state index >= 15 is 0 Å². The minimum atomic E-state index is 0.147. The number of hydrogen-bond acceptors (Lipinski definition) is 1. The summed E-state index contributed by atoms with van der Waals surface area (Å²) >= 11 is 0. The number of aliphatic hydroxyl groups is 1. The van der Waals surface area contributed by atoms with Crippen LogP contribution in [0, 0.1) is 11.8 Å². The quantitative estimate of drug-likeness (QED) is 0.469. The van der Waals surface area contributed by atoms with Crippen molar-refractivity contribution in [1.29, 1.82) is 0 Å². The fourth-order valence-corrected chi connectivity index (χ4v) is 2.18. The first kappa shape index (κ1) is 17.3. The van der Waals surface area contributed by atoms with Crippen molar-refractivity contribution in [2.75, 3.05) is 0 Å². The lowest BCUT2D eigenvalue weighted by Crippen LogP contribution is -2.00. The molecule has 0 aliphatic rings. The molecular weight excluding hydrogens is 256 g/mol. The SMILES string of the molecule is C=C(O)C(/C=C\C(C)C)=C(/CC(C)CC)c1ccccc1. The van der Waals surface area contributed by atoms with Crippen LogP contribution in [0.25, 0.3) is 5.57 Å². The summed E-state index contributed by atoms with van der Waals surface area (Å²) in [5, 5.41) is 10.0. The number of benzene rings is 1. The Morgan fingerprint density at radius 2 is 1.81 bits per heavy atom. The molecule has 0 fully saturated rings. The predicted octanol–water partition coefficient (Wildman–Crippen LogP) is 6.16. The Bertz CT molecular complexity index is 506. The molecule has 0 saturated heterocycles. The lowest BCUT2D eigenvalue weighted by atomic mass is 9.89. The fourth-order valence-electron chi connectivity index (χ4n) is 2.18. The van der Waals surface area contributed by atoms with Crippen LogP contribution in [0.3, 0.4) is 0 Å². The van der Waals surface area contributed by atoms with Gasteiger partial charge in [-0.15, -0.1) is 0 Å². The first-order valence-electron chi connectivity index (χ1n) is 7.80. The van der Waals surface area contributed by atoms with Crippen LogP contribution in [0.4, 0.5) is 0 Å². The predicted molar refractivity (Wildman–Crippen MR) is 93.2 cm³/mol. The highest BCUT2D eigenvalue weighted by Gasteiger charge is 2.13. The van der Waals surface area contributed by atoms with Gasteiger partial charge in [-0.05, 0) is 29.4 Å². The summed E-state index contributed by atoms with van der Waals surface area (Å²) in [6.45, 7) is 12.5. The van der Waals surface area contributed by atoms with Gasteiger partial charge in [0.1, 0.15) is 5.76 Å². The van der Waals surface area contributed by atoms with Crippen LogP contribution in [0.5, 0.6) is 0 Å². The highest BCUT2D eigenvalue weighted by atomic mass is 16.3. The fraction of sp³-hybridized carbons (Fsp3) is 0.400. The lowest BCUT2D eigenvalue weighted by molar-refractivity contribution is 0.429. The molecule has 1 heteroatoms. The summed E-state index contributed by atoms with van der Waals surface area (Å²) in [6, 6.07) is 10.3. The Morgan fingerprint density at radius 1 is 1.19 bits per heavy atom. The van der Waals surface area contributed by atoms with Crippen LogP contribution < -0.4 is 0 Å². The number of rotatable bonds is 7. The summed E-state index contributed by atoms with van der Waals surface area (Å²) < 4.78 is 0. The molecule has 0 heterocycles. The summed E-state index contributed by atoms with van der Waals surface area (Å²) in [4.78, 5) is 0. The largest absolute Gasteiger partial charge is 0.508 e. The molecule has 21 heavy (non-hydrogen) atoms. The molecule has 0 amide bonds. The van der Waals surface area contributed by atoms with Crippen LogP contribution in [0.15, 0.2) is 60.4 Å². The van der Waals surface area contributed by atoms with Crippen LogP contribution in [-0.4, -0.2) is 5.11 Å². The summed E-state index contributed by atoms with van der Waals surface area (Å²) in [6.07, 6.45) is 6.18. The molecule has 1 atom stereocenters. The molecule has 0 aromatic heterocycles. The van der Waals surface area contributed by atoms with Gasteiger partial charge in [-0.25, -0.2) is 0 Å². The maximum atomic E-state index is 10.0. The molecule has 1 aromatic carbocycles. The highest BCUT2D eigenvalue weighted by Crippen LogP contribution is 2.30. The van der Waals surface area contributed by atoms with Crippen molar-refractivity contribution in [1.82, 2.24) is 0 Å². The molecule has 0 aliphatic heterocycles. The van der Waals surface area contributed by atoms with Gasteiger partial charge in [-0.2, -0.15) is 0 Å². The van der Waals surface area contributed by atoms with E-state index in [0.717, 1.165) is 24.0 Å². The van der Waals surface area contributed by atoms with Crippen LogP contribution in [-0.2, 0) is 0 Å². The number of hydrogen-bond donors (Lipinski definition) is 1. The van der Waals surface area contributed by atoms with Gasteiger partial charge in [-0.1, -0.05) is 83.2 Å². The van der Waals surface area contributed by atoms with E-state index in [1.54, 1.807) is 0 Å². The van der Waals surface area contributed by atoms with Gasteiger partial charge in [0.05, 0.1) is 0 Å². The highest BCUT2D eigenvalue weighted by molar-refractivity contribution is 5.74. The molecular formula is C20H28O. The second-order valence-electron chi connectivity index (χ2n) is 6.03. The minimum Gasteiger partial charge on any atom is -0.508 e. The Morgan fingerprint density at radius 3 is 2.29 bits per heavy atom. The number of aliphatic hydroxyl groups excluding tert-OH is 1. The molecule has 0 bridgehead atoms. The Kier molecular flexibility index (Phi) is 7.01. The molecule has 0 radical (unpaired) electrons. The monoisotopic (exact) mass is 284 g/mol. The topological polar surface area (TPSA) is 20.2 Å². The van der Waals surface area contributed by atoms with E-state index < -0.39 is 0 Å². The maximum Gasteiger partial charge on any atom is 0.115 e. The average molecular weight is 284 g/mol. The van der Waals surface area contributed by atoms with Crippen molar-refractivity contribution in [3.05, 3.63) is 66.0 Å². The van der Waals surface area contributed by atoms with E-state index in [4.69, 9.17) is 0 Å². The Balaban J connectivity index is 3.34. The molecule has 0 saturated carbocycles. The van der Waals surface area contributed by atoms with E-state index in [2.05, 4.69) is 52.5 Å². The van der Waals surface area contributed by atoms with Crippen molar-refractivity contribution in [3.63, 3.8) is 0 Å². The lowest BCUT2D eigenvalue weighted by Gasteiger charge is -2.17. The van der Waals surface area contributed by atoms with Crippen LogP contribution >= 0.6 is 0 Å². The zero-order valence-electron chi connectivity index (χ0n) is 13.8. The van der Waals surface area contributed by atoms with E-state index in [1.165, 1.54) is 5.57 Å². The van der Waals surface area contributed by atoms with Gasteiger partial charge in [0.2, 0.25) is 0 Å². The Labute approximate surface area is 129 Å². The first-order valence-corrected chi connectivity index (χ1v) is 7.80. The molecule has 1 aromatic rings. The second-order valence-corrected chi connectivity index (χ2v) is 6.03. The number of allylic oxidation sites excluding steroid dienone is 3. The van der Waals surface area contributed by atoms with Gasteiger partial charge in [0.25, 0.3) is 0 Å². The third-order valence-electron chi connectivity index (χ3n) is 3.66. The van der Waals surface area contributed by atoms with E-state index in [9.17, 15) is 5.11 Å². The normalized spacial score (nSPS) is 14.3. The van der Waals surface area contributed by atoms with Gasteiger partial charge < -0.3 is 5.11 Å². The van der Waals surface area contributed by atoms with Crippen molar-refractivity contribution in [2.24, 2.45) is 11.8 Å². The van der Waals surface area contributed by atoms with Crippen molar-refractivity contribution < 1.29 is 5.11 Å². The van der Waals surface area contributed by atoms with Crippen molar-refractivity contribution in [2.45, 2.75) is 40.5 Å². The van der Waals surface area contributed by atoms with Gasteiger partial charge in [-0.3, -0.25) is 0 Å². The zero-order chi connectivity index (χ0) is 15.8. The molecule has 1 N–H and O–H groups in total. The zero-order valence-corrected chi connectivity index (χ0v) is 13.8. The van der Waals surface area contributed by atoms with E-state index in [0.29, 0.717) is 11.8 Å². The third kappa shape index (κ3) is 5.63. The van der Waals surface area contributed by atoms with E-state index in [1.807, 2.05) is 24.3 Å². The smallest absolute Gasteiger partial charge is 0.115 e. The molecule has 1 rings (SSSR count). The first-order chi connectivity index (χ1) is 9.95.